The van der Waals surface area contributed by atoms with Gasteiger partial charge in [0, 0.05) is 10.5 Å². The largest absolute Gasteiger partial charge is 0.462 e. The summed E-state index contributed by atoms with van der Waals surface area (Å²) >= 11 is 0. The molecule has 0 aromatic heterocycles. The molecule has 9 heteroatoms. The average molecular weight is 317 g/mol. The summed E-state index contributed by atoms with van der Waals surface area (Å²) in [5, 5.41) is 2.56. The molecule has 118 valence electrons. The number of hydrogen-bond donors (Lipinski definition) is 0. The van der Waals surface area contributed by atoms with Gasteiger partial charge in [-0.1, -0.05) is 12.0 Å². The first-order valence-corrected chi connectivity index (χ1v) is 6.11. The average Bonchev–Trinajstić information content (AvgIpc) is 2.51. The minimum atomic E-state index is -1.85. The summed E-state index contributed by atoms with van der Waals surface area (Å²) in [5.41, 5.74) is 5.36. The lowest BCUT2D eigenvalue weighted by molar-refractivity contribution is -0.138. The molecule has 0 N–H and O–H groups in total. The third-order valence-corrected chi connectivity index (χ3v) is 2.54. The van der Waals surface area contributed by atoms with E-state index in [2.05, 4.69) is 10.0 Å². The van der Waals surface area contributed by atoms with Gasteiger partial charge in [-0.3, -0.25) is 0 Å². The van der Waals surface area contributed by atoms with E-state index in [4.69, 9.17) is 10.3 Å². The first-order chi connectivity index (χ1) is 10.3. The number of esters is 1. The van der Waals surface area contributed by atoms with E-state index in [1.165, 1.54) is 6.92 Å². The zero-order valence-electron chi connectivity index (χ0n) is 11.7. The summed E-state index contributed by atoms with van der Waals surface area (Å²) in [5.74, 6) is -8.12. The van der Waals surface area contributed by atoms with Crippen LogP contribution in [0.2, 0.25) is 0 Å². The molecule has 0 heterocycles. The van der Waals surface area contributed by atoms with Gasteiger partial charge in [-0.05, 0) is 25.0 Å². The molecule has 1 aromatic rings. The van der Waals surface area contributed by atoms with Gasteiger partial charge >= 0.3 is 5.97 Å². The van der Waals surface area contributed by atoms with Gasteiger partial charge in [0.15, 0.2) is 23.3 Å². The van der Waals surface area contributed by atoms with E-state index in [0.29, 0.717) is 12.5 Å². The van der Waals surface area contributed by atoms with Crippen molar-refractivity contribution in [2.75, 3.05) is 6.61 Å². The van der Waals surface area contributed by atoms with E-state index in [1.54, 1.807) is 6.92 Å². The van der Waals surface area contributed by atoms with Crippen molar-refractivity contribution in [3.8, 4) is 0 Å². The lowest BCUT2D eigenvalue weighted by atomic mass is 10.1. The van der Waals surface area contributed by atoms with E-state index < -0.39 is 40.5 Å². The molecular formula is C13H11F4N3O2. The van der Waals surface area contributed by atoms with Crippen molar-refractivity contribution in [2.45, 2.75) is 20.3 Å². The van der Waals surface area contributed by atoms with Crippen LogP contribution in [0.3, 0.4) is 0 Å². The van der Waals surface area contributed by atoms with Crippen LogP contribution in [0.1, 0.15) is 25.8 Å². The Labute approximate surface area is 122 Å². The maximum absolute atomic E-state index is 13.7. The van der Waals surface area contributed by atoms with Crippen molar-refractivity contribution in [1.82, 2.24) is 0 Å². The molecule has 0 unspecified atom stereocenters. The first kappa shape index (κ1) is 17.5. The SMILES string of the molecule is CCCOC(=O)C(C)=Cc1c(F)c(F)c(N=[N+]=[N-])c(F)c1F. The fraction of sp³-hybridized carbons (Fsp3) is 0.308. The van der Waals surface area contributed by atoms with Crippen LogP contribution < -0.4 is 0 Å². The van der Waals surface area contributed by atoms with Crippen molar-refractivity contribution >= 4 is 17.7 Å². The van der Waals surface area contributed by atoms with Gasteiger partial charge in [-0.15, -0.1) is 0 Å². The lowest BCUT2D eigenvalue weighted by Crippen LogP contribution is -2.07. The number of hydrogen-bond acceptors (Lipinski definition) is 3. The van der Waals surface area contributed by atoms with Gasteiger partial charge in [0.05, 0.1) is 12.2 Å². The number of benzene rings is 1. The predicted octanol–water partition coefficient (Wildman–Crippen LogP) is 4.54. The van der Waals surface area contributed by atoms with Crippen molar-refractivity contribution in [3.05, 3.63) is 44.8 Å². The molecule has 0 fully saturated rings. The molecule has 0 aliphatic heterocycles. The van der Waals surface area contributed by atoms with E-state index in [0.717, 1.165) is 0 Å². The smallest absolute Gasteiger partial charge is 0.333 e. The lowest BCUT2D eigenvalue weighted by Gasteiger charge is -2.08. The molecule has 22 heavy (non-hydrogen) atoms. The second-order valence-corrected chi connectivity index (χ2v) is 4.17. The third kappa shape index (κ3) is 3.56. The van der Waals surface area contributed by atoms with Crippen LogP contribution in [0.5, 0.6) is 0 Å². The first-order valence-electron chi connectivity index (χ1n) is 6.11. The second-order valence-electron chi connectivity index (χ2n) is 4.17. The minimum absolute atomic E-state index is 0.0908. The highest BCUT2D eigenvalue weighted by Gasteiger charge is 2.24. The molecule has 1 rings (SSSR count). The van der Waals surface area contributed by atoms with Gasteiger partial charge in [0.2, 0.25) is 0 Å². The molecule has 0 atom stereocenters. The molecule has 1 aromatic carbocycles. The topological polar surface area (TPSA) is 75.1 Å². The van der Waals surface area contributed by atoms with Gasteiger partial charge < -0.3 is 4.74 Å². The van der Waals surface area contributed by atoms with E-state index in [-0.39, 0.29) is 12.2 Å². The fourth-order valence-electron chi connectivity index (χ4n) is 1.48. The van der Waals surface area contributed by atoms with Crippen LogP contribution in [0, 0.1) is 23.3 Å². The molecule has 0 spiro atoms. The number of ether oxygens (including phenoxy) is 1. The van der Waals surface area contributed by atoms with Crippen LogP contribution in [0.4, 0.5) is 23.2 Å². The molecule has 0 aliphatic carbocycles. The summed E-state index contributed by atoms with van der Waals surface area (Å²) in [6.07, 6.45) is 1.15. The van der Waals surface area contributed by atoms with Crippen LogP contribution in [0.15, 0.2) is 10.7 Å². The van der Waals surface area contributed by atoms with E-state index >= 15 is 0 Å². The summed E-state index contributed by atoms with van der Waals surface area (Å²) in [6.45, 7) is 3.01. The van der Waals surface area contributed by atoms with Crippen molar-refractivity contribution in [1.29, 1.82) is 0 Å². The normalized spacial score (nSPS) is 11.1. The fourth-order valence-corrected chi connectivity index (χ4v) is 1.48. The zero-order valence-corrected chi connectivity index (χ0v) is 11.7. The third-order valence-electron chi connectivity index (χ3n) is 2.54. The predicted molar refractivity (Wildman–Crippen MR) is 70.0 cm³/mol. The highest BCUT2D eigenvalue weighted by molar-refractivity contribution is 5.93. The number of nitrogens with zero attached hydrogens (tertiary/aromatic N) is 3. The Kier molecular flexibility index (Phi) is 5.94. The number of rotatable bonds is 5. The monoisotopic (exact) mass is 317 g/mol. The Balaban J connectivity index is 3.38. The molecule has 0 saturated carbocycles. The molecule has 0 aliphatic rings. The number of azide groups is 1. The van der Waals surface area contributed by atoms with Crippen molar-refractivity contribution in [3.63, 3.8) is 0 Å². The molecule has 0 saturated heterocycles. The molecule has 0 amide bonds. The Morgan fingerprint density at radius 1 is 1.23 bits per heavy atom. The summed E-state index contributed by atoms with van der Waals surface area (Å²) in [4.78, 5) is 13.6. The van der Waals surface area contributed by atoms with Crippen LogP contribution in [0.25, 0.3) is 16.5 Å². The maximum Gasteiger partial charge on any atom is 0.333 e. The molecular weight excluding hydrogens is 306 g/mol. The second kappa shape index (κ2) is 7.46. The van der Waals surface area contributed by atoms with E-state index in [1.807, 2.05) is 0 Å². The Morgan fingerprint density at radius 3 is 2.23 bits per heavy atom. The number of halogens is 4. The Bertz CT molecular complexity index is 653. The zero-order chi connectivity index (χ0) is 16.9. The summed E-state index contributed by atoms with van der Waals surface area (Å²) in [6, 6.07) is 0. The van der Waals surface area contributed by atoms with Crippen LogP contribution in [-0.4, -0.2) is 12.6 Å². The highest BCUT2D eigenvalue weighted by atomic mass is 19.2. The van der Waals surface area contributed by atoms with Gasteiger partial charge in [0.1, 0.15) is 5.69 Å². The molecule has 0 radical (unpaired) electrons. The van der Waals surface area contributed by atoms with Gasteiger partial charge in [-0.2, -0.15) is 0 Å². The quantitative estimate of drug-likeness (QED) is 0.152. The van der Waals surface area contributed by atoms with Crippen LogP contribution >= 0.6 is 0 Å². The summed E-state index contributed by atoms with van der Waals surface area (Å²) < 4.78 is 59.3. The minimum Gasteiger partial charge on any atom is -0.462 e. The molecule has 5 nitrogen and oxygen atoms in total. The van der Waals surface area contributed by atoms with Crippen LogP contribution in [-0.2, 0) is 9.53 Å². The Hall–Kier alpha value is -2.54. The maximum atomic E-state index is 13.7. The Morgan fingerprint density at radius 2 is 1.77 bits per heavy atom. The number of carbonyl (C=O) groups is 1. The van der Waals surface area contributed by atoms with Crippen molar-refractivity contribution < 1.29 is 27.1 Å². The summed E-state index contributed by atoms with van der Waals surface area (Å²) in [7, 11) is 0. The molecule has 0 bridgehead atoms. The highest BCUT2D eigenvalue weighted by Crippen LogP contribution is 2.31. The standard InChI is InChI=1S/C13H11F4N3O2/c1-3-4-22-13(21)6(2)5-7-8(14)10(16)12(19-20-18)11(17)9(7)15/h5H,3-4H2,1-2H3. The number of carbonyl (C=O) groups excluding carboxylic acids is 1. The van der Waals surface area contributed by atoms with Gasteiger partial charge in [0.25, 0.3) is 0 Å². The van der Waals surface area contributed by atoms with E-state index in [9.17, 15) is 22.4 Å². The van der Waals surface area contributed by atoms with Crippen molar-refractivity contribution in [2.24, 2.45) is 5.11 Å². The van der Waals surface area contributed by atoms with Gasteiger partial charge in [-0.25, -0.2) is 22.4 Å².